The van der Waals surface area contributed by atoms with E-state index in [0.717, 1.165) is 18.4 Å². The van der Waals surface area contributed by atoms with Gasteiger partial charge in [-0.1, -0.05) is 35.9 Å². The molecule has 0 N–H and O–H groups in total. The Morgan fingerprint density at radius 2 is 1.79 bits per heavy atom. The Kier molecular flexibility index (Phi) is 4.29. The molecule has 5 rings (SSSR count). The van der Waals surface area contributed by atoms with Crippen molar-refractivity contribution in [3.8, 4) is 0 Å². The van der Waals surface area contributed by atoms with E-state index < -0.39 is 10.1 Å². The van der Waals surface area contributed by atoms with Crippen LogP contribution in [0.3, 0.4) is 0 Å². The highest BCUT2D eigenvalue weighted by Crippen LogP contribution is 2.45. The molecule has 2 aliphatic carbocycles. The minimum absolute atomic E-state index is 0.223. The van der Waals surface area contributed by atoms with Gasteiger partial charge in [0.1, 0.15) is 0 Å². The Balaban J connectivity index is 1.25. The Morgan fingerprint density at radius 3 is 2.50 bits per heavy atom. The lowest BCUT2D eigenvalue weighted by atomic mass is 9.81. The van der Waals surface area contributed by atoms with E-state index in [-0.39, 0.29) is 17.4 Å². The molecule has 0 aliphatic heterocycles. The second-order valence-electron chi connectivity index (χ2n) is 8.16. The van der Waals surface area contributed by atoms with Crippen LogP contribution in [0.25, 0.3) is 10.9 Å². The van der Waals surface area contributed by atoms with Gasteiger partial charge in [-0.2, -0.15) is 13.5 Å². The first kappa shape index (κ1) is 17.9. The van der Waals surface area contributed by atoms with Gasteiger partial charge in [0.05, 0.1) is 28.8 Å². The molecule has 0 bridgehead atoms. The number of aromatic nitrogens is 2. The molecule has 6 heteroatoms. The van der Waals surface area contributed by atoms with Crippen molar-refractivity contribution in [2.75, 3.05) is 6.61 Å². The van der Waals surface area contributed by atoms with E-state index in [0.29, 0.717) is 12.0 Å². The minimum atomic E-state index is -3.69. The van der Waals surface area contributed by atoms with E-state index in [1.165, 1.54) is 29.4 Å². The SMILES string of the molecule is Cc1ccc(S(=O)(=O)OCC2CC(n3nc(C4CC4)c4ccccc43)C2)cc1. The zero-order valence-corrected chi connectivity index (χ0v) is 16.7. The molecule has 0 saturated heterocycles. The normalized spacial score (nSPS) is 22.3. The van der Waals surface area contributed by atoms with Crippen LogP contribution < -0.4 is 0 Å². The smallest absolute Gasteiger partial charge is 0.266 e. The lowest BCUT2D eigenvalue weighted by molar-refractivity contribution is 0.123. The topological polar surface area (TPSA) is 61.2 Å². The van der Waals surface area contributed by atoms with E-state index in [1.807, 2.05) is 6.92 Å². The monoisotopic (exact) mass is 396 g/mol. The zero-order chi connectivity index (χ0) is 19.3. The number of fused-ring (bicyclic) bond motifs is 1. The summed E-state index contributed by atoms with van der Waals surface area (Å²) >= 11 is 0. The zero-order valence-electron chi connectivity index (χ0n) is 15.9. The first-order valence-electron chi connectivity index (χ1n) is 9.94. The first-order chi connectivity index (χ1) is 13.5. The van der Waals surface area contributed by atoms with Gasteiger partial charge in [-0.15, -0.1) is 0 Å². The highest BCUT2D eigenvalue weighted by Gasteiger charge is 2.36. The number of rotatable bonds is 6. The summed E-state index contributed by atoms with van der Waals surface area (Å²) in [5, 5.41) is 6.20. The molecule has 146 valence electrons. The molecule has 2 aromatic carbocycles. The maximum absolute atomic E-state index is 12.4. The number of nitrogens with zero attached hydrogens (tertiary/aromatic N) is 2. The standard InChI is InChI=1S/C22H24N2O3S/c1-15-6-10-19(11-7-15)28(25,26)27-14-16-12-18(13-16)24-21-5-3-2-4-20(21)22(23-24)17-8-9-17/h2-7,10-11,16-18H,8-9,12-14H2,1H3. The van der Waals surface area contributed by atoms with Gasteiger partial charge < -0.3 is 0 Å². The second kappa shape index (κ2) is 6.71. The first-order valence-corrected chi connectivity index (χ1v) is 11.4. The van der Waals surface area contributed by atoms with Crippen LogP contribution in [0.2, 0.25) is 0 Å². The highest BCUT2D eigenvalue weighted by atomic mass is 32.2. The van der Waals surface area contributed by atoms with Crippen LogP contribution in [0.5, 0.6) is 0 Å². The third-order valence-electron chi connectivity index (χ3n) is 5.93. The number of hydrogen-bond donors (Lipinski definition) is 0. The van der Waals surface area contributed by atoms with Crippen molar-refractivity contribution in [3.63, 3.8) is 0 Å². The third-order valence-corrected chi connectivity index (χ3v) is 7.23. The van der Waals surface area contributed by atoms with Crippen LogP contribution in [0.4, 0.5) is 0 Å². The summed E-state index contributed by atoms with van der Waals surface area (Å²) in [6.45, 7) is 2.17. The molecule has 1 aromatic heterocycles. The number of hydrogen-bond acceptors (Lipinski definition) is 4. The van der Waals surface area contributed by atoms with Crippen LogP contribution >= 0.6 is 0 Å². The quantitative estimate of drug-likeness (QED) is 0.572. The predicted molar refractivity (Wildman–Crippen MR) is 108 cm³/mol. The second-order valence-corrected chi connectivity index (χ2v) is 9.78. The van der Waals surface area contributed by atoms with Crippen molar-refractivity contribution in [2.45, 2.75) is 49.5 Å². The van der Waals surface area contributed by atoms with Gasteiger partial charge in [0, 0.05) is 11.3 Å². The molecule has 0 spiro atoms. The van der Waals surface area contributed by atoms with E-state index in [9.17, 15) is 8.42 Å². The van der Waals surface area contributed by atoms with Gasteiger partial charge in [0.2, 0.25) is 0 Å². The molecule has 3 aromatic rings. The summed E-state index contributed by atoms with van der Waals surface area (Å²) in [5.74, 6) is 0.863. The van der Waals surface area contributed by atoms with Crippen molar-refractivity contribution in [1.29, 1.82) is 0 Å². The predicted octanol–water partition coefficient (Wildman–Crippen LogP) is 4.58. The molecule has 0 amide bonds. The molecule has 5 nitrogen and oxygen atoms in total. The van der Waals surface area contributed by atoms with E-state index in [1.54, 1.807) is 24.3 Å². The number of aryl methyl sites for hydroxylation is 1. The molecule has 1 heterocycles. The summed E-state index contributed by atoms with van der Waals surface area (Å²) in [6.07, 6.45) is 4.27. The fraction of sp³-hybridized carbons (Fsp3) is 0.409. The number of para-hydroxylation sites is 1. The summed E-state index contributed by atoms with van der Waals surface area (Å²) in [7, 11) is -3.69. The van der Waals surface area contributed by atoms with Crippen molar-refractivity contribution in [3.05, 3.63) is 59.8 Å². The summed E-state index contributed by atoms with van der Waals surface area (Å²) in [6, 6.07) is 15.5. The largest absolute Gasteiger partial charge is 0.296 e. The average molecular weight is 397 g/mol. The molecule has 2 saturated carbocycles. The molecule has 0 unspecified atom stereocenters. The van der Waals surface area contributed by atoms with Crippen LogP contribution in [-0.4, -0.2) is 24.8 Å². The van der Waals surface area contributed by atoms with E-state index in [2.05, 4.69) is 28.9 Å². The minimum Gasteiger partial charge on any atom is -0.266 e. The Bertz CT molecular complexity index is 1110. The third kappa shape index (κ3) is 3.25. The summed E-state index contributed by atoms with van der Waals surface area (Å²) in [4.78, 5) is 0.223. The Hall–Kier alpha value is -2.18. The van der Waals surface area contributed by atoms with E-state index in [4.69, 9.17) is 9.28 Å². The maximum atomic E-state index is 12.4. The fourth-order valence-electron chi connectivity index (χ4n) is 4.05. The van der Waals surface area contributed by atoms with Gasteiger partial charge in [0.15, 0.2) is 0 Å². The average Bonchev–Trinajstić information content (AvgIpc) is 3.43. The lowest BCUT2D eigenvalue weighted by Crippen LogP contribution is -2.31. The Labute approximate surface area is 165 Å². The molecular formula is C22H24N2O3S. The Morgan fingerprint density at radius 1 is 1.07 bits per heavy atom. The molecule has 2 aliphatic rings. The fourth-order valence-corrected chi connectivity index (χ4v) is 5.02. The van der Waals surface area contributed by atoms with Crippen molar-refractivity contribution >= 4 is 21.0 Å². The molecule has 28 heavy (non-hydrogen) atoms. The summed E-state index contributed by atoms with van der Waals surface area (Å²) < 4.78 is 32.2. The maximum Gasteiger partial charge on any atom is 0.296 e. The molecular weight excluding hydrogens is 372 g/mol. The summed E-state index contributed by atoms with van der Waals surface area (Å²) in [5.41, 5.74) is 3.45. The van der Waals surface area contributed by atoms with Crippen LogP contribution in [0, 0.1) is 12.8 Å². The van der Waals surface area contributed by atoms with Crippen molar-refractivity contribution in [1.82, 2.24) is 9.78 Å². The van der Waals surface area contributed by atoms with Crippen molar-refractivity contribution < 1.29 is 12.6 Å². The van der Waals surface area contributed by atoms with Gasteiger partial charge in [-0.05, 0) is 56.7 Å². The highest BCUT2D eigenvalue weighted by molar-refractivity contribution is 7.86. The van der Waals surface area contributed by atoms with Crippen molar-refractivity contribution in [2.24, 2.45) is 5.92 Å². The van der Waals surface area contributed by atoms with Crippen LogP contribution in [0.1, 0.15) is 48.9 Å². The molecule has 2 fully saturated rings. The van der Waals surface area contributed by atoms with Gasteiger partial charge in [0.25, 0.3) is 10.1 Å². The van der Waals surface area contributed by atoms with Crippen LogP contribution in [0.15, 0.2) is 53.4 Å². The molecule has 0 atom stereocenters. The van der Waals surface area contributed by atoms with Gasteiger partial charge in [-0.25, -0.2) is 0 Å². The van der Waals surface area contributed by atoms with E-state index >= 15 is 0 Å². The van der Waals surface area contributed by atoms with Gasteiger partial charge in [-0.3, -0.25) is 8.86 Å². The lowest BCUT2D eigenvalue weighted by Gasteiger charge is -2.35. The van der Waals surface area contributed by atoms with Gasteiger partial charge >= 0.3 is 0 Å². The number of benzene rings is 2. The molecule has 0 radical (unpaired) electrons. The van der Waals surface area contributed by atoms with Crippen LogP contribution in [-0.2, 0) is 14.3 Å².